The van der Waals surface area contributed by atoms with Crippen molar-refractivity contribution in [2.75, 3.05) is 0 Å². The normalized spacial score (nSPS) is 15.5. The van der Waals surface area contributed by atoms with Gasteiger partial charge in [-0.15, -0.1) is 0 Å². The van der Waals surface area contributed by atoms with Crippen LogP contribution in [0.2, 0.25) is 0 Å². The zero-order valence-electron chi connectivity index (χ0n) is 26.2. The van der Waals surface area contributed by atoms with Gasteiger partial charge in [0.05, 0.1) is 11.2 Å². The number of hydrogen-bond acceptors (Lipinski definition) is 6. The van der Waals surface area contributed by atoms with E-state index in [2.05, 4.69) is 88.4 Å². The molecule has 0 aliphatic carbocycles. The summed E-state index contributed by atoms with van der Waals surface area (Å²) in [7, 11) is -0.385. The fourth-order valence-electron chi connectivity index (χ4n) is 5.93. The van der Waals surface area contributed by atoms with Gasteiger partial charge in [0.1, 0.15) is 11.2 Å². The lowest BCUT2D eigenvalue weighted by Crippen LogP contribution is -2.41. The fourth-order valence-corrected chi connectivity index (χ4v) is 5.93. The van der Waals surface area contributed by atoms with Gasteiger partial charge in [0.2, 0.25) is 0 Å². The van der Waals surface area contributed by atoms with Crippen molar-refractivity contribution in [1.29, 1.82) is 0 Å². The van der Waals surface area contributed by atoms with Gasteiger partial charge in [-0.1, -0.05) is 109 Å². The molecule has 5 aromatic carbocycles. The van der Waals surface area contributed by atoms with E-state index in [-0.39, 0.29) is 18.3 Å². The molecule has 1 fully saturated rings. The van der Waals surface area contributed by atoms with Gasteiger partial charge in [-0.05, 0) is 56.4 Å². The van der Waals surface area contributed by atoms with Gasteiger partial charge < -0.3 is 13.7 Å². The van der Waals surface area contributed by atoms with Crippen molar-refractivity contribution < 1.29 is 13.7 Å². The molecule has 0 amide bonds. The molecule has 224 valence electrons. The Labute approximate surface area is 268 Å². The molecule has 1 saturated heterocycles. The van der Waals surface area contributed by atoms with Crippen molar-refractivity contribution in [3.8, 4) is 45.3 Å². The van der Waals surface area contributed by atoms with Crippen LogP contribution in [0.5, 0.6) is 0 Å². The summed E-state index contributed by atoms with van der Waals surface area (Å²) in [4.78, 5) is 14.9. The number of furan rings is 1. The topological polar surface area (TPSA) is 70.3 Å². The van der Waals surface area contributed by atoms with Gasteiger partial charge in [0.25, 0.3) is 0 Å². The third-order valence-electron chi connectivity index (χ3n) is 9.22. The van der Waals surface area contributed by atoms with Crippen LogP contribution >= 0.6 is 0 Å². The Morgan fingerprint density at radius 1 is 0.478 bits per heavy atom. The first kappa shape index (κ1) is 28.4. The van der Waals surface area contributed by atoms with E-state index in [4.69, 9.17) is 28.7 Å². The maximum absolute atomic E-state index is 6.24. The van der Waals surface area contributed by atoms with Gasteiger partial charge in [-0.25, -0.2) is 15.0 Å². The van der Waals surface area contributed by atoms with Crippen LogP contribution in [0.4, 0.5) is 0 Å². The van der Waals surface area contributed by atoms with Crippen molar-refractivity contribution in [3.63, 3.8) is 0 Å². The third-order valence-corrected chi connectivity index (χ3v) is 9.22. The summed E-state index contributed by atoms with van der Waals surface area (Å²) in [5.74, 6) is 1.83. The highest BCUT2D eigenvalue weighted by Gasteiger charge is 2.51. The van der Waals surface area contributed by atoms with Crippen molar-refractivity contribution in [2.24, 2.45) is 0 Å². The predicted molar refractivity (Wildman–Crippen MR) is 185 cm³/mol. The molecule has 46 heavy (non-hydrogen) atoms. The third kappa shape index (κ3) is 4.89. The summed E-state index contributed by atoms with van der Waals surface area (Å²) < 4.78 is 18.6. The van der Waals surface area contributed by atoms with E-state index >= 15 is 0 Å². The minimum Gasteiger partial charge on any atom is -0.456 e. The fraction of sp³-hybridized carbons (Fsp3) is 0.154. The molecule has 0 radical (unpaired) electrons. The van der Waals surface area contributed by atoms with E-state index in [1.165, 1.54) is 0 Å². The summed E-state index contributed by atoms with van der Waals surface area (Å²) in [5.41, 5.74) is 6.83. The molecule has 0 unspecified atom stereocenters. The van der Waals surface area contributed by atoms with Crippen LogP contribution in [-0.4, -0.2) is 33.3 Å². The lowest BCUT2D eigenvalue weighted by atomic mass is 9.78. The Kier molecular flexibility index (Phi) is 6.64. The highest BCUT2D eigenvalue weighted by atomic mass is 16.7. The minimum atomic E-state index is -0.385. The number of fused-ring (bicyclic) bond motifs is 3. The van der Waals surface area contributed by atoms with Gasteiger partial charge in [0, 0.05) is 27.5 Å². The Balaban J connectivity index is 1.16. The quantitative estimate of drug-likeness (QED) is 0.184. The second-order valence-electron chi connectivity index (χ2n) is 12.7. The highest BCUT2D eigenvalue weighted by molar-refractivity contribution is 6.62. The number of rotatable bonds is 5. The monoisotopic (exact) mass is 601 g/mol. The van der Waals surface area contributed by atoms with Crippen LogP contribution in [0.15, 0.2) is 126 Å². The first-order chi connectivity index (χ1) is 22.3. The molecule has 1 aliphatic rings. The van der Waals surface area contributed by atoms with E-state index in [1.807, 2.05) is 60.7 Å². The zero-order chi connectivity index (χ0) is 31.5. The number of hydrogen-bond donors (Lipinski definition) is 0. The molecule has 0 atom stereocenters. The second kappa shape index (κ2) is 10.8. The van der Waals surface area contributed by atoms with Gasteiger partial charge in [-0.2, -0.15) is 0 Å². The molecular formula is C39H32BN3O3. The summed E-state index contributed by atoms with van der Waals surface area (Å²) in [6, 6.07) is 40.8. The highest BCUT2D eigenvalue weighted by Crippen LogP contribution is 2.38. The largest absolute Gasteiger partial charge is 0.494 e. The molecular weight excluding hydrogens is 569 g/mol. The minimum absolute atomic E-state index is 0.375. The molecule has 2 aromatic heterocycles. The van der Waals surface area contributed by atoms with E-state index < -0.39 is 0 Å². The van der Waals surface area contributed by atoms with Gasteiger partial charge in [0.15, 0.2) is 17.5 Å². The molecule has 0 bridgehead atoms. The molecule has 8 rings (SSSR count). The second-order valence-corrected chi connectivity index (χ2v) is 12.7. The van der Waals surface area contributed by atoms with Crippen LogP contribution in [0.1, 0.15) is 27.7 Å². The maximum Gasteiger partial charge on any atom is 0.494 e. The van der Waals surface area contributed by atoms with Crippen molar-refractivity contribution in [2.45, 2.75) is 38.9 Å². The van der Waals surface area contributed by atoms with Crippen molar-refractivity contribution in [3.05, 3.63) is 121 Å². The lowest BCUT2D eigenvalue weighted by molar-refractivity contribution is 0.00578. The van der Waals surface area contributed by atoms with Gasteiger partial charge in [-0.3, -0.25) is 0 Å². The number of aromatic nitrogens is 3. The van der Waals surface area contributed by atoms with E-state index in [9.17, 15) is 0 Å². The Morgan fingerprint density at radius 3 is 1.67 bits per heavy atom. The Morgan fingerprint density at radius 2 is 1.00 bits per heavy atom. The van der Waals surface area contributed by atoms with Crippen LogP contribution in [0, 0.1) is 0 Å². The smallest absolute Gasteiger partial charge is 0.456 e. The summed E-state index contributed by atoms with van der Waals surface area (Å²) in [6.45, 7) is 8.28. The number of benzene rings is 5. The average Bonchev–Trinajstić information content (AvgIpc) is 3.57. The van der Waals surface area contributed by atoms with E-state index in [0.717, 1.165) is 55.2 Å². The molecule has 0 spiro atoms. The molecule has 6 nitrogen and oxygen atoms in total. The standard InChI is InChI=1S/C39H32BN3O3/c1-38(2)39(3,4)46-40(45-38)29-23-21-26(22-24-29)25-17-19-28(20-18-25)36-41-35(27-11-6-5-7-12-27)42-37(43-36)31-14-10-16-33-34(31)30-13-8-9-15-32(30)44-33/h5-24H,1-4H3. The Bertz CT molecular complexity index is 2190. The molecule has 1 aliphatic heterocycles. The lowest BCUT2D eigenvalue weighted by Gasteiger charge is -2.32. The molecule has 7 aromatic rings. The molecule has 7 heteroatoms. The summed E-state index contributed by atoms with van der Waals surface area (Å²) in [6.07, 6.45) is 0. The van der Waals surface area contributed by atoms with Crippen LogP contribution in [0.3, 0.4) is 0 Å². The van der Waals surface area contributed by atoms with Crippen LogP contribution < -0.4 is 5.46 Å². The van der Waals surface area contributed by atoms with E-state index in [0.29, 0.717) is 17.5 Å². The average molecular weight is 602 g/mol. The maximum atomic E-state index is 6.24. The number of nitrogens with zero attached hydrogens (tertiary/aromatic N) is 3. The zero-order valence-corrected chi connectivity index (χ0v) is 26.2. The molecule has 3 heterocycles. The van der Waals surface area contributed by atoms with Crippen LogP contribution in [-0.2, 0) is 9.31 Å². The Hall–Kier alpha value is -5.11. The van der Waals surface area contributed by atoms with E-state index in [1.54, 1.807) is 0 Å². The van der Waals surface area contributed by atoms with Crippen molar-refractivity contribution >= 4 is 34.5 Å². The number of para-hydroxylation sites is 1. The predicted octanol–water partition coefficient (Wildman–Crippen LogP) is 8.74. The molecule has 0 N–H and O–H groups in total. The van der Waals surface area contributed by atoms with Crippen molar-refractivity contribution in [1.82, 2.24) is 15.0 Å². The van der Waals surface area contributed by atoms with Gasteiger partial charge >= 0.3 is 7.12 Å². The first-order valence-electron chi connectivity index (χ1n) is 15.5. The van der Waals surface area contributed by atoms with Crippen LogP contribution in [0.25, 0.3) is 67.2 Å². The first-order valence-corrected chi connectivity index (χ1v) is 15.5. The molecule has 0 saturated carbocycles. The SMILES string of the molecule is CC1(C)OB(c2ccc(-c3ccc(-c4nc(-c5ccccc5)nc(-c5cccc6oc7ccccc7c56)n4)cc3)cc2)OC1(C)C. The summed E-state index contributed by atoms with van der Waals surface area (Å²) in [5, 5.41) is 2.03. The summed E-state index contributed by atoms with van der Waals surface area (Å²) >= 11 is 0.